The Balaban J connectivity index is 1.08. The average molecular weight is 714 g/mol. The van der Waals surface area contributed by atoms with Crippen LogP contribution >= 0.6 is 0 Å². The number of hydrogen-bond acceptors (Lipinski definition) is 3. The van der Waals surface area contributed by atoms with Crippen LogP contribution in [0.1, 0.15) is 0 Å². The van der Waals surface area contributed by atoms with Gasteiger partial charge in [-0.15, -0.1) is 0 Å². The van der Waals surface area contributed by atoms with E-state index in [1.54, 1.807) is 0 Å². The number of aromatic nitrogens is 3. The molecule has 262 valence electrons. The minimum atomic E-state index is 0.636. The Morgan fingerprint density at radius 2 is 0.482 bits per heavy atom. The molecule has 0 bridgehead atoms. The molecule has 10 aromatic rings. The summed E-state index contributed by atoms with van der Waals surface area (Å²) >= 11 is 0. The van der Waals surface area contributed by atoms with Crippen LogP contribution in [0.4, 0.5) is 0 Å². The Bertz CT molecular complexity index is 2960. The molecule has 1 aromatic heterocycles. The van der Waals surface area contributed by atoms with Gasteiger partial charge in [-0.25, -0.2) is 15.0 Å². The quantitative estimate of drug-likeness (QED) is 0.154. The van der Waals surface area contributed by atoms with Gasteiger partial charge in [-0.05, 0) is 72.1 Å². The minimum Gasteiger partial charge on any atom is -0.208 e. The van der Waals surface area contributed by atoms with Crippen molar-refractivity contribution in [3.63, 3.8) is 0 Å². The Labute approximate surface area is 326 Å². The molecule has 0 aliphatic heterocycles. The molecule has 0 N–H and O–H groups in total. The van der Waals surface area contributed by atoms with Gasteiger partial charge in [-0.3, -0.25) is 0 Å². The SMILES string of the molecule is c1ccc(-c2ccc(-c3nc(-c4ccccc4)nc(-c4ccc(-c5ccc6c(-c7ccccc7)c7ccccc7c(-c7ccccc7)c6c5)cc4)n3)cc2)cc1. The van der Waals surface area contributed by atoms with E-state index in [0.29, 0.717) is 17.5 Å². The van der Waals surface area contributed by atoms with E-state index in [1.807, 2.05) is 36.4 Å². The van der Waals surface area contributed by atoms with Gasteiger partial charge >= 0.3 is 0 Å². The van der Waals surface area contributed by atoms with Crippen LogP contribution in [0.5, 0.6) is 0 Å². The van der Waals surface area contributed by atoms with Crippen molar-refractivity contribution in [1.82, 2.24) is 15.0 Å². The standard InChI is InChI=1S/C53H35N3/c1-5-15-36(16-6-1)37-25-29-42(30-26-37)52-54-51(41-21-11-4-12-22-41)55-53(56-52)43-31-27-38(28-32-43)44-33-34-47-48(35-44)50(40-19-9-3-10-20-40)46-24-14-13-23-45(46)49(47)39-17-7-2-8-18-39/h1-35H. The van der Waals surface area contributed by atoms with Crippen molar-refractivity contribution in [2.45, 2.75) is 0 Å². The van der Waals surface area contributed by atoms with Crippen molar-refractivity contribution in [3.05, 3.63) is 212 Å². The van der Waals surface area contributed by atoms with Crippen molar-refractivity contribution in [2.75, 3.05) is 0 Å². The van der Waals surface area contributed by atoms with E-state index in [2.05, 4.69) is 176 Å². The minimum absolute atomic E-state index is 0.636. The summed E-state index contributed by atoms with van der Waals surface area (Å²) in [6.07, 6.45) is 0. The third-order valence-corrected chi connectivity index (χ3v) is 10.5. The molecule has 0 atom stereocenters. The molecule has 0 radical (unpaired) electrons. The van der Waals surface area contributed by atoms with Gasteiger partial charge in [0.25, 0.3) is 0 Å². The lowest BCUT2D eigenvalue weighted by Crippen LogP contribution is -2.00. The topological polar surface area (TPSA) is 38.7 Å². The Hall–Kier alpha value is -7.49. The third kappa shape index (κ3) is 6.21. The van der Waals surface area contributed by atoms with Crippen LogP contribution in [0.15, 0.2) is 212 Å². The average Bonchev–Trinajstić information content (AvgIpc) is 3.29. The molecule has 0 unspecified atom stereocenters. The van der Waals surface area contributed by atoms with Crippen LogP contribution < -0.4 is 0 Å². The predicted molar refractivity (Wildman–Crippen MR) is 233 cm³/mol. The maximum atomic E-state index is 5.04. The highest BCUT2D eigenvalue weighted by Gasteiger charge is 2.18. The number of rotatable bonds is 7. The molecule has 0 spiro atoms. The Morgan fingerprint density at radius 3 is 0.946 bits per heavy atom. The van der Waals surface area contributed by atoms with E-state index in [9.17, 15) is 0 Å². The summed E-state index contributed by atoms with van der Waals surface area (Å²) in [5.41, 5.74) is 12.3. The molecule has 0 saturated heterocycles. The van der Waals surface area contributed by atoms with Crippen LogP contribution in [-0.2, 0) is 0 Å². The second-order valence-electron chi connectivity index (χ2n) is 14.0. The number of hydrogen-bond donors (Lipinski definition) is 0. The highest BCUT2D eigenvalue weighted by molar-refractivity contribution is 6.22. The molecular formula is C53H35N3. The van der Waals surface area contributed by atoms with E-state index in [1.165, 1.54) is 49.4 Å². The molecule has 10 rings (SSSR count). The van der Waals surface area contributed by atoms with E-state index in [0.717, 1.165) is 33.4 Å². The molecule has 0 fully saturated rings. The lowest BCUT2D eigenvalue weighted by Gasteiger charge is -2.18. The highest BCUT2D eigenvalue weighted by Crippen LogP contribution is 2.44. The van der Waals surface area contributed by atoms with Crippen molar-refractivity contribution < 1.29 is 0 Å². The fraction of sp³-hybridized carbons (Fsp3) is 0. The maximum Gasteiger partial charge on any atom is 0.164 e. The summed E-state index contributed by atoms with van der Waals surface area (Å²) in [4.78, 5) is 15.0. The molecule has 3 nitrogen and oxygen atoms in total. The van der Waals surface area contributed by atoms with Crippen molar-refractivity contribution in [1.29, 1.82) is 0 Å². The van der Waals surface area contributed by atoms with E-state index in [-0.39, 0.29) is 0 Å². The molecule has 0 amide bonds. The maximum absolute atomic E-state index is 5.04. The summed E-state index contributed by atoms with van der Waals surface area (Å²) < 4.78 is 0. The van der Waals surface area contributed by atoms with Gasteiger partial charge in [-0.2, -0.15) is 0 Å². The summed E-state index contributed by atoms with van der Waals surface area (Å²) in [6.45, 7) is 0. The Morgan fingerprint density at radius 1 is 0.196 bits per heavy atom. The van der Waals surface area contributed by atoms with Crippen LogP contribution in [-0.4, -0.2) is 15.0 Å². The van der Waals surface area contributed by atoms with Crippen molar-refractivity contribution in [2.24, 2.45) is 0 Å². The predicted octanol–water partition coefficient (Wildman–Crippen LogP) is 13.8. The summed E-state index contributed by atoms with van der Waals surface area (Å²) in [5.74, 6) is 1.92. The molecular weight excluding hydrogens is 679 g/mol. The van der Waals surface area contributed by atoms with Gasteiger partial charge in [0.2, 0.25) is 0 Å². The van der Waals surface area contributed by atoms with E-state index in [4.69, 9.17) is 15.0 Å². The zero-order chi connectivity index (χ0) is 37.3. The third-order valence-electron chi connectivity index (χ3n) is 10.5. The van der Waals surface area contributed by atoms with Gasteiger partial charge in [0, 0.05) is 16.7 Å². The lowest BCUT2D eigenvalue weighted by molar-refractivity contribution is 1.07. The van der Waals surface area contributed by atoms with Gasteiger partial charge in [0.15, 0.2) is 17.5 Å². The summed E-state index contributed by atoms with van der Waals surface area (Å²) in [5, 5.41) is 4.95. The van der Waals surface area contributed by atoms with E-state index >= 15 is 0 Å². The number of benzene rings is 9. The largest absolute Gasteiger partial charge is 0.208 e. The first-order valence-electron chi connectivity index (χ1n) is 18.9. The first-order valence-corrected chi connectivity index (χ1v) is 18.9. The zero-order valence-electron chi connectivity index (χ0n) is 30.5. The molecule has 3 heteroatoms. The van der Waals surface area contributed by atoms with E-state index < -0.39 is 0 Å². The monoisotopic (exact) mass is 713 g/mol. The van der Waals surface area contributed by atoms with Gasteiger partial charge in [0.1, 0.15) is 0 Å². The second-order valence-corrected chi connectivity index (χ2v) is 14.0. The zero-order valence-corrected chi connectivity index (χ0v) is 30.5. The summed E-state index contributed by atoms with van der Waals surface area (Å²) in [6, 6.07) is 74.8. The van der Waals surface area contributed by atoms with Crippen LogP contribution in [0.3, 0.4) is 0 Å². The lowest BCUT2D eigenvalue weighted by atomic mass is 9.85. The molecule has 1 heterocycles. The first-order chi connectivity index (χ1) is 27.8. The normalized spacial score (nSPS) is 11.2. The highest BCUT2D eigenvalue weighted by atomic mass is 15.0. The second kappa shape index (κ2) is 14.4. The molecule has 0 aliphatic carbocycles. The molecule has 0 aliphatic rings. The Kier molecular flexibility index (Phi) is 8.51. The fourth-order valence-corrected chi connectivity index (χ4v) is 7.79. The van der Waals surface area contributed by atoms with Crippen LogP contribution in [0.25, 0.3) is 100 Å². The fourth-order valence-electron chi connectivity index (χ4n) is 7.79. The van der Waals surface area contributed by atoms with Gasteiger partial charge in [0.05, 0.1) is 0 Å². The first kappa shape index (κ1) is 33.1. The molecule has 9 aromatic carbocycles. The van der Waals surface area contributed by atoms with Gasteiger partial charge < -0.3 is 0 Å². The van der Waals surface area contributed by atoms with Crippen LogP contribution in [0, 0.1) is 0 Å². The van der Waals surface area contributed by atoms with Crippen LogP contribution in [0.2, 0.25) is 0 Å². The van der Waals surface area contributed by atoms with Crippen molar-refractivity contribution >= 4 is 21.5 Å². The molecule has 56 heavy (non-hydrogen) atoms. The smallest absolute Gasteiger partial charge is 0.164 e. The number of nitrogens with zero attached hydrogens (tertiary/aromatic N) is 3. The van der Waals surface area contributed by atoms with Crippen molar-refractivity contribution in [3.8, 4) is 78.7 Å². The number of fused-ring (bicyclic) bond motifs is 2. The molecule has 0 saturated carbocycles. The van der Waals surface area contributed by atoms with Gasteiger partial charge in [-0.1, -0.05) is 206 Å². The summed E-state index contributed by atoms with van der Waals surface area (Å²) in [7, 11) is 0.